The summed E-state index contributed by atoms with van der Waals surface area (Å²) in [5.41, 5.74) is 0.585. The minimum absolute atomic E-state index is 0.106. The molecule has 3 rings (SSSR count). The highest BCUT2D eigenvalue weighted by Crippen LogP contribution is 2.30. The van der Waals surface area contributed by atoms with Gasteiger partial charge in [-0.05, 0) is 30.5 Å². The van der Waals surface area contributed by atoms with Crippen molar-refractivity contribution in [3.63, 3.8) is 0 Å². The maximum absolute atomic E-state index is 12.5. The van der Waals surface area contributed by atoms with Gasteiger partial charge < -0.3 is 18.7 Å². The molecule has 1 N–H and O–H groups in total. The first-order valence-corrected chi connectivity index (χ1v) is 7.35. The average molecular weight is 330 g/mol. The Bertz CT molecular complexity index is 1070. The van der Waals surface area contributed by atoms with E-state index in [1.54, 1.807) is 13.0 Å². The molecule has 0 saturated heterocycles. The first kappa shape index (κ1) is 15.8. The SMILES string of the molecule is CCCc1cc2c(C)cc(=O)oc2c2c(=O)cc(OC(=O)O)oc12. The van der Waals surface area contributed by atoms with E-state index in [0.717, 1.165) is 12.5 Å². The van der Waals surface area contributed by atoms with Crippen molar-refractivity contribution >= 4 is 28.1 Å². The lowest BCUT2D eigenvalue weighted by Gasteiger charge is -2.10. The van der Waals surface area contributed by atoms with Gasteiger partial charge >= 0.3 is 11.8 Å². The van der Waals surface area contributed by atoms with Crippen molar-refractivity contribution in [1.29, 1.82) is 0 Å². The van der Waals surface area contributed by atoms with Gasteiger partial charge in [-0.25, -0.2) is 9.59 Å². The molecule has 7 heteroatoms. The molecule has 0 aliphatic carbocycles. The van der Waals surface area contributed by atoms with E-state index in [-0.39, 0.29) is 16.6 Å². The van der Waals surface area contributed by atoms with Crippen LogP contribution in [0.1, 0.15) is 24.5 Å². The van der Waals surface area contributed by atoms with Gasteiger partial charge in [0.05, 0.1) is 6.07 Å². The van der Waals surface area contributed by atoms with Crippen molar-refractivity contribution in [3.05, 3.63) is 50.0 Å². The van der Waals surface area contributed by atoms with Gasteiger partial charge in [0.15, 0.2) is 5.58 Å². The molecule has 0 radical (unpaired) electrons. The van der Waals surface area contributed by atoms with Crippen molar-refractivity contribution in [1.82, 2.24) is 0 Å². The molecule has 3 aromatic rings. The molecular formula is C17H14O7. The second-order valence-electron chi connectivity index (χ2n) is 5.41. The molecule has 0 bridgehead atoms. The molecule has 0 unspecified atom stereocenters. The normalized spacial score (nSPS) is 11.1. The van der Waals surface area contributed by atoms with E-state index < -0.39 is 23.2 Å². The molecule has 2 heterocycles. The number of carbonyl (C=O) groups is 1. The molecule has 2 aromatic heterocycles. The van der Waals surface area contributed by atoms with Crippen LogP contribution in [-0.2, 0) is 6.42 Å². The summed E-state index contributed by atoms with van der Waals surface area (Å²) in [6, 6.07) is 4.06. The van der Waals surface area contributed by atoms with E-state index >= 15 is 0 Å². The van der Waals surface area contributed by atoms with Crippen LogP contribution in [0, 0.1) is 6.92 Å². The van der Waals surface area contributed by atoms with Crippen LogP contribution in [0.5, 0.6) is 5.95 Å². The minimum atomic E-state index is -1.59. The highest BCUT2D eigenvalue weighted by Gasteiger charge is 2.18. The van der Waals surface area contributed by atoms with Gasteiger partial charge in [0.2, 0.25) is 5.43 Å². The van der Waals surface area contributed by atoms with E-state index in [0.29, 0.717) is 22.9 Å². The second-order valence-corrected chi connectivity index (χ2v) is 5.41. The van der Waals surface area contributed by atoms with Crippen LogP contribution in [0.4, 0.5) is 4.79 Å². The molecule has 0 saturated carbocycles. The Kier molecular flexibility index (Phi) is 3.84. The summed E-state index contributed by atoms with van der Waals surface area (Å²) < 4.78 is 15.1. The Balaban J connectivity index is 2.49. The fourth-order valence-corrected chi connectivity index (χ4v) is 2.73. The summed E-state index contributed by atoms with van der Waals surface area (Å²) in [6.45, 7) is 3.72. The number of fused-ring (bicyclic) bond motifs is 3. The van der Waals surface area contributed by atoms with E-state index in [1.807, 2.05) is 6.92 Å². The van der Waals surface area contributed by atoms with Crippen molar-refractivity contribution < 1.29 is 23.5 Å². The number of aryl methyl sites for hydroxylation is 2. The first-order valence-electron chi connectivity index (χ1n) is 7.35. The third-order valence-corrected chi connectivity index (χ3v) is 3.68. The van der Waals surface area contributed by atoms with Crippen LogP contribution in [-0.4, -0.2) is 11.3 Å². The number of benzene rings is 1. The topological polar surface area (TPSA) is 107 Å². The van der Waals surface area contributed by atoms with Gasteiger partial charge in [-0.2, -0.15) is 0 Å². The minimum Gasteiger partial charge on any atom is -0.449 e. The highest BCUT2D eigenvalue weighted by atomic mass is 16.7. The summed E-state index contributed by atoms with van der Waals surface area (Å²) in [7, 11) is 0. The molecule has 24 heavy (non-hydrogen) atoms. The zero-order chi connectivity index (χ0) is 17.4. The lowest BCUT2D eigenvalue weighted by atomic mass is 10.0. The number of hydrogen-bond donors (Lipinski definition) is 1. The monoisotopic (exact) mass is 330 g/mol. The van der Waals surface area contributed by atoms with Gasteiger partial charge in [0.25, 0.3) is 5.95 Å². The third-order valence-electron chi connectivity index (χ3n) is 3.68. The number of hydrogen-bond acceptors (Lipinski definition) is 6. The van der Waals surface area contributed by atoms with Crippen molar-refractivity contribution in [2.45, 2.75) is 26.7 Å². The van der Waals surface area contributed by atoms with Crippen LogP contribution in [0.3, 0.4) is 0 Å². The zero-order valence-electron chi connectivity index (χ0n) is 13.0. The van der Waals surface area contributed by atoms with Gasteiger partial charge in [-0.1, -0.05) is 13.3 Å². The van der Waals surface area contributed by atoms with Crippen molar-refractivity contribution in [2.75, 3.05) is 0 Å². The lowest BCUT2D eigenvalue weighted by Crippen LogP contribution is -2.09. The molecule has 0 amide bonds. The fraction of sp³-hybridized carbons (Fsp3) is 0.235. The molecule has 0 atom stereocenters. The summed E-state index contributed by atoms with van der Waals surface area (Å²) in [5.74, 6) is -0.424. The van der Waals surface area contributed by atoms with Gasteiger partial charge in [0.1, 0.15) is 11.0 Å². The fourth-order valence-electron chi connectivity index (χ4n) is 2.73. The number of carboxylic acid groups (broad SMARTS) is 1. The summed E-state index contributed by atoms with van der Waals surface area (Å²) in [6.07, 6.45) is -0.202. The smallest absolute Gasteiger partial charge is 0.449 e. The van der Waals surface area contributed by atoms with Crippen LogP contribution < -0.4 is 15.8 Å². The summed E-state index contributed by atoms with van der Waals surface area (Å²) in [4.78, 5) is 34.8. The molecule has 124 valence electrons. The quantitative estimate of drug-likeness (QED) is 0.446. The predicted molar refractivity (Wildman–Crippen MR) is 85.9 cm³/mol. The summed E-state index contributed by atoms with van der Waals surface area (Å²) in [5, 5.41) is 9.45. The Morgan fingerprint density at radius 1 is 1.17 bits per heavy atom. The van der Waals surface area contributed by atoms with Crippen molar-refractivity contribution in [2.24, 2.45) is 0 Å². The van der Waals surface area contributed by atoms with Gasteiger partial charge in [-0.3, -0.25) is 4.79 Å². The van der Waals surface area contributed by atoms with Crippen LogP contribution in [0.2, 0.25) is 0 Å². The molecule has 1 aromatic carbocycles. The summed E-state index contributed by atoms with van der Waals surface area (Å²) >= 11 is 0. The zero-order valence-corrected chi connectivity index (χ0v) is 13.0. The molecule has 0 fully saturated rings. The van der Waals surface area contributed by atoms with Crippen molar-refractivity contribution in [3.8, 4) is 5.95 Å². The molecular weight excluding hydrogens is 316 g/mol. The first-order chi connectivity index (χ1) is 11.4. The third kappa shape index (κ3) is 2.64. The predicted octanol–water partition coefficient (Wildman–Crippen LogP) is 3.22. The standard InChI is InChI=1S/C17H14O7/c1-3-4-9-6-10-8(2)5-12(19)22-16(10)14-11(18)7-13(23-15(9)14)24-17(20)21/h5-7H,3-4H2,1-2H3,(H,20,21). The lowest BCUT2D eigenvalue weighted by molar-refractivity contribution is 0.133. The van der Waals surface area contributed by atoms with E-state index in [9.17, 15) is 14.4 Å². The largest absolute Gasteiger partial charge is 0.513 e. The number of rotatable bonds is 3. The molecule has 0 spiro atoms. The maximum Gasteiger partial charge on any atom is 0.513 e. The Hall–Kier alpha value is -3.09. The number of ether oxygens (including phenoxy) is 1. The van der Waals surface area contributed by atoms with Crippen LogP contribution in [0.25, 0.3) is 21.9 Å². The Morgan fingerprint density at radius 2 is 1.92 bits per heavy atom. The van der Waals surface area contributed by atoms with Crippen LogP contribution >= 0.6 is 0 Å². The highest BCUT2D eigenvalue weighted by molar-refractivity contribution is 6.04. The van der Waals surface area contributed by atoms with E-state index in [1.165, 1.54) is 6.07 Å². The average Bonchev–Trinajstić information content (AvgIpc) is 2.47. The molecule has 7 nitrogen and oxygen atoms in total. The van der Waals surface area contributed by atoms with Gasteiger partial charge in [-0.15, -0.1) is 0 Å². The maximum atomic E-state index is 12.5. The van der Waals surface area contributed by atoms with Gasteiger partial charge in [0, 0.05) is 11.5 Å². The molecule has 0 aliphatic rings. The second kappa shape index (κ2) is 5.84. The van der Waals surface area contributed by atoms with E-state index in [4.69, 9.17) is 13.9 Å². The Labute approximate surface area is 135 Å². The van der Waals surface area contributed by atoms with Crippen LogP contribution in [0.15, 0.2) is 36.6 Å². The molecule has 0 aliphatic heterocycles. The van der Waals surface area contributed by atoms with E-state index in [2.05, 4.69) is 4.74 Å². The Morgan fingerprint density at radius 3 is 2.58 bits per heavy atom.